The average Bonchev–Trinajstić information content (AvgIpc) is 3.04. The van der Waals surface area contributed by atoms with E-state index < -0.39 is 5.60 Å². The predicted molar refractivity (Wildman–Crippen MR) is 101 cm³/mol. The Kier molecular flexibility index (Phi) is 5.39. The number of carbonyl (C=O) groups excluding carboxylic acids is 2. The molecular formula is C20H27N3O4. The summed E-state index contributed by atoms with van der Waals surface area (Å²) < 4.78 is 12.3. The zero-order chi connectivity index (χ0) is 19.6. The molecule has 2 aromatic rings. The van der Waals surface area contributed by atoms with Crippen LogP contribution < -0.4 is 0 Å². The highest BCUT2D eigenvalue weighted by Crippen LogP contribution is 2.30. The lowest BCUT2D eigenvalue weighted by Crippen LogP contribution is -2.41. The Hall–Kier alpha value is -2.57. The first-order chi connectivity index (χ1) is 12.8. The van der Waals surface area contributed by atoms with E-state index in [1.807, 2.05) is 39.1 Å². The van der Waals surface area contributed by atoms with Crippen LogP contribution in [0.15, 0.2) is 24.5 Å². The van der Waals surface area contributed by atoms with Gasteiger partial charge in [-0.15, -0.1) is 0 Å². The van der Waals surface area contributed by atoms with Crippen LogP contribution in [0.5, 0.6) is 0 Å². The third-order valence-electron chi connectivity index (χ3n) is 4.66. The Balaban J connectivity index is 1.71. The molecule has 0 spiro atoms. The van der Waals surface area contributed by atoms with Crippen molar-refractivity contribution in [3.8, 4) is 0 Å². The molecule has 7 heteroatoms. The highest BCUT2D eigenvalue weighted by molar-refractivity contribution is 5.96. The minimum absolute atomic E-state index is 0.253. The van der Waals surface area contributed by atoms with E-state index >= 15 is 0 Å². The predicted octanol–water partition coefficient (Wildman–Crippen LogP) is 3.63. The van der Waals surface area contributed by atoms with E-state index in [2.05, 4.69) is 5.10 Å². The second-order valence-corrected chi connectivity index (χ2v) is 7.81. The molecule has 1 fully saturated rings. The summed E-state index contributed by atoms with van der Waals surface area (Å²) in [6, 6.07) is 4.04. The van der Waals surface area contributed by atoms with Gasteiger partial charge in [0.25, 0.3) is 0 Å². The first kappa shape index (κ1) is 19.2. The van der Waals surface area contributed by atoms with Gasteiger partial charge in [0.2, 0.25) is 0 Å². The van der Waals surface area contributed by atoms with Crippen LogP contribution in [0.1, 0.15) is 62.4 Å². The number of carbonyl (C=O) groups is 2. The lowest BCUT2D eigenvalue weighted by Gasteiger charge is -2.33. The molecule has 0 unspecified atom stereocenters. The summed E-state index contributed by atoms with van der Waals surface area (Å²) in [7, 11) is 0. The molecule has 0 atom stereocenters. The first-order valence-corrected chi connectivity index (χ1v) is 9.41. The van der Waals surface area contributed by atoms with Gasteiger partial charge in [-0.2, -0.15) is 5.10 Å². The summed E-state index contributed by atoms with van der Waals surface area (Å²) >= 11 is 0. The Morgan fingerprint density at radius 1 is 1.26 bits per heavy atom. The van der Waals surface area contributed by atoms with Crippen molar-refractivity contribution in [3.05, 3.63) is 35.7 Å². The van der Waals surface area contributed by atoms with Gasteiger partial charge in [-0.05, 0) is 64.2 Å². The van der Waals surface area contributed by atoms with Crippen LogP contribution in [0.2, 0.25) is 0 Å². The van der Waals surface area contributed by atoms with Gasteiger partial charge in [0.15, 0.2) is 0 Å². The van der Waals surface area contributed by atoms with Crippen LogP contribution >= 0.6 is 0 Å². The number of esters is 1. The van der Waals surface area contributed by atoms with Crippen LogP contribution in [-0.4, -0.2) is 51.9 Å². The van der Waals surface area contributed by atoms with Gasteiger partial charge in [-0.3, -0.25) is 0 Å². The fourth-order valence-electron chi connectivity index (χ4n) is 3.34. The summed E-state index contributed by atoms with van der Waals surface area (Å²) in [5, 5.41) is 4.22. The van der Waals surface area contributed by atoms with Gasteiger partial charge in [0.1, 0.15) is 11.2 Å². The molecule has 1 aliphatic heterocycles. The molecule has 7 nitrogen and oxygen atoms in total. The number of pyridine rings is 1. The second kappa shape index (κ2) is 7.58. The largest absolute Gasteiger partial charge is 0.462 e. The number of nitrogens with zero attached hydrogens (tertiary/aromatic N) is 3. The average molecular weight is 373 g/mol. The van der Waals surface area contributed by atoms with Gasteiger partial charge in [0, 0.05) is 19.3 Å². The number of likely N-dealkylation sites (tertiary alicyclic amines) is 1. The molecule has 0 bridgehead atoms. The molecule has 1 aliphatic rings. The lowest BCUT2D eigenvalue weighted by atomic mass is 9.90. The Labute approximate surface area is 159 Å². The smallest absolute Gasteiger partial charge is 0.410 e. The normalized spacial score (nSPS) is 15.8. The summed E-state index contributed by atoms with van der Waals surface area (Å²) in [4.78, 5) is 26.1. The molecule has 1 amide bonds. The maximum Gasteiger partial charge on any atom is 0.410 e. The quantitative estimate of drug-likeness (QED) is 0.768. The maximum absolute atomic E-state index is 12.2. The zero-order valence-corrected chi connectivity index (χ0v) is 16.4. The molecule has 3 heterocycles. The van der Waals surface area contributed by atoms with Crippen molar-refractivity contribution < 1.29 is 19.1 Å². The Morgan fingerprint density at radius 3 is 2.59 bits per heavy atom. The summed E-state index contributed by atoms with van der Waals surface area (Å²) in [5.74, 6) is -0.0250. The molecule has 0 aliphatic carbocycles. The molecule has 0 saturated carbocycles. The Bertz CT molecular complexity index is 829. The summed E-state index contributed by atoms with van der Waals surface area (Å²) in [5.41, 5.74) is 1.90. The lowest BCUT2D eigenvalue weighted by molar-refractivity contribution is 0.0204. The molecule has 1 saturated heterocycles. The van der Waals surface area contributed by atoms with Crippen LogP contribution in [-0.2, 0) is 9.47 Å². The SMILES string of the molecule is CCOC(=O)c1cnn2ccc(C3CCN(C(=O)OC(C)(C)C)CC3)cc12. The summed E-state index contributed by atoms with van der Waals surface area (Å²) in [6.45, 7) is 9.06. The van der Waals surface area contributed by atoms with Crippen molar-refractivity contribution in [2.45, 2.75) is 52.1 Å². The Morgan fingerprint density at radius 2 is 1.96 bits per heavy atom. The highest BCUT2D eigenvalue weighted by Gasteiger charge is 2.28. The van der Waals surface area contributed by atoms with Crippen LogP contribution in [0.4, 0.5) is 4.79 Å². The van der Waals surface area contributed by atoms with Crippen molar-refractivity contribution in [3.63, 3.8) is 0 Å². The number of ether oxygens (including phenoxy) is 2. The molecule has 2 aromatic heterocycles. The zero-order valence-electron chi connectivity index (χ0n) is 16.4. The minimum Gasteiger partial charge on any atom is -0.462 e. The van der Waals surface area contributed by atoms with E-state index in [0.29, 0.717) is 31.2 Å². The molecule has 146 valence electrons. The monoisotopic (exact) mass is 373 g/mol. The number of hydrogen-bond acceptors (Lipinski definition) is 5. The van der Waals surface area contributed by atoms with Gasteiger partial charge < -0.3 is 14.4 Å². The van der Waals surface area contributed by atoms with Gasteiger partial charge >= 0.3 is 12.1 Å². The number of fused-ring (bicyclic) bond motifs is 1. The van der Waals surface area contributed by atoms with Crippen molar-refractivity contribution in [2.24, 2.45) is 0 Å². The standard InChI is InChI=1S/C20H27N3O4/c1-5-26-18(24)16-13-21-23-11-8-15(12-17(16)23)14-6-9-22(10-7-14)19(25)27-20(2,3)4/h8,11-14H,5-7,9-10H2,1-4H3. The van der Waals surface area contributed by atoms with Crippen molar-refractivity contribution in [1.29, 1.82) is 0 Å². The molecule has 0 aromatic carbocycles. The molecule has 27 heavy (non-hydrogen) atoms. The third kappa shape index (κ3) is 4.40. The van der Waals surface area contributed by atoms with E-state index in [1.165, 1.54) is 0 Å². The minimum atomic E-state index is -0.482. The molecule has 3 rings (SSSR count). The van der Waals surface area contributed by atoms with E-state index in [1.54, 1.807) is 22.5 Å². The fraction of sp³-hybridized carbons (Fsp3) is 0.550. The van der Waals surface area contributed by atoms with E-state index in [4.69, 9.17) is 9.47 Å². The van der Waals surface area contributed by atoms with Crippen LogP contribution in [0, 0.1) is 0 Å². The fourth-order valence-corrected chi connectivity index (χ4v) is 3.34. The van der Waals surface area contributed by atoms with Gasteiger partial charge in [0.05, 0.1) is 18.3 Å². The van der Waals surface area contributed by atoms with Gasteiger partial charge in [-0.1, -0.05) is 0 Å². The maximum atomic E-state index is 12.2. The van der Waals surface area contributed by atoms with Crippen molar-refractivity contribution in [1.82, 2.24) is 14.5 Å². The molecule has 0 N–H and O–H groups in total. The molecular weight excluding hydrogens is 346 g/mol. The number of amides is 1. The first-order valence-electron chi connectivity index (χ1n) is 9.41. The number of rotatable bonds is 3. The van der Waals surface area contributed by atoms with Gasteiger partial charge in [-0.25, -0.2) is 14.1 Å². The van der Waals surface area contributed by atoms with Crippen molar-refractivity contribution in [2.75, 3.05) is 19.7 Å². The van der Waals surface area contributed by atoms with Crippen LogP contribution in [0.3, 0.4) is 0 Å². The molecule has 0 radical (unpaired) electrons. The highest BCUT2D eigenvalue weighted by atomic mass is 16.6. The number of aromatic nitrogens is 2. The second-order valence-electron chi connectivity index (χ2n) is 7.81. The third-order valence-corrected chi connectivity index (χ3v) is 4.66. The van der Waals surface area contributed by atoms with E-state index in [0.717, 1.165) is 23.9 Å². The van der Waals surface area contributed by atoms with E-state index in [-0.39, 0.29) is 12.1 Å². The summed E-state index contributed by atoms with van der Waals surface area (Å²) in [6.07, 6.45) is 4.88. The van der Waals surface area contributed by atoms with Crippen molar-refractivity contribution >= 4 is 17.6 Å². The number of piperidine rings is 1. The van der Waals surface area contributed by atoms with Crippen LogP contribution in [0.25, 0.3) is 5.52 Å². The topological polar surface area (TPSA) is 73.1 Å². The van der Waals surface area contributed by atoms with E-state index in [9.17, 15) is 9.59 Å². The number of hydrogen-bond donors (Lipinski definition) is 0.